The minimum Gasteiger partial charge on any atom is -0.340 e. The summed E-state index contributed by atoms with van der Waals surface area (Å²) < 4.78 is 0. The maximum Gasteiger partial charge on any atom is 0.227 e. The van der Waals surface area contributed by atoms with Gasteiger partial charge in [-0.15, -0.1) is 0 Å². The number of amides is 1. The minimum atomic E-state index is 0.222. The number of hydrogen-bond donors (Lipinski definition) is 0. The molecule has 2 aliphatic heterocycles. The molecule has 22 heavy (non-hydrogen) atoms. The molecule has 0 aliphatic carbocycles. The molecule has 2 aliphatic rings. The van der Waals surface area contributed by atoms with E-state index in [0.717, 1.165) is 58.7 Å². The molecule has 0 radical (unpaired) electrons. The summed E-state index contributed by atoms with van der Waals surface area (Å²) in [5, 5.41) is 0. The second kappa shape index (κ2) is 7.25. The zero-order valence-electron chi connectivity index (χ0n) is 13.6. The van der Waals surface area contributed by atoms with E-state index in [-0.39, 0.29) is 5.92 Å². The predicted octanol–water partition coefficient (Wildman–Crippen LogP) is 1.67. The topological polar surface area (TPSA) is 26.8 Å². The molecular weight excluding hydrogens is 274 g/mol. The van der Waals surface area contributed by atoms with Crippen LogP contribution in [0.2, 0.25) is 0 Å². The highest BCUT2D eigenvalue weighted by atomic mass is 16.2. The van der Waals surface area contributed by atoms with E-state index in [1.54, 1.807) is 0 Å². The van der Waals surface area contributed by atoms with Crippen molar-refractivity contribution in [1.82, 2.24) is 14.7 Å². The quantitative estimate of drug-likeness (QED) is 0.850. The molecule has 4 nitrogen and oxygen atoms in total. The fraction of sp³-hybridized carbons (Fsp3) is 0.611. The van der Waals surface area contributed by atoms with Gasteiger partial charge in [0, 0.05) is 39.3 Å². The van der Waals surface area contributed by atoms with Crippen LogP contribution in [0.15, 0.2) is 30.3 Å². The fourth-order valence-electron chi connectivity index (χ4n) is 3.59. The molecule has 0 N–H and O–H groups in total. The van der Waals surface area contributed by atoms with Crippen molar-refractivity contribution in [3.63, 3.8) is 0 Å². The zero-order valence-corrected chi connectivity index (χ0v) is 13.6. The lowest BCUT2D eigenvalue weighted by atomic mass is 9.96. The smallest absolute Gasteiger partial charge is 0.227 e. The molecule has 2 fully saturated rings. The van der Waals surface area contributed by atoms with E-state index >= 15 is 0 Å². The monoisotopic (exact) mass is 301 g/mol. The number of hydrogen-bond acceptors (Lipinski definition) is 3. The van der Waals surface area contributed by atoms with Crippen molar-refractivity contribution in [3.8, 4) is 0 Å². The highest BCUT2D eigenvalue weighted by molar-refractivity contribution is 5.79. The second-order valence-corrected chi connectivity index (χ2v) is 6.69. The Kier molecular flexibility index (Phi) is 5.11. The summed E-state index contributed by atoms with van der Waals surface area (Å²) in [5.74, 6) is 0.602. The molecular formula is C18H27N3O. The third-order valence-corrected chi connectivity index (χ3v) is 4.91. The molecule has 1 atom stereocenters. The Morgan fingerprint density at radius 3 is 2.50 bits per heavy atom. The molecule has 1 amide bonds. The lowest BCUT2D eigenvalue weighted by Gasteiger charge is -2.38. The van der Waals surface area contributed by atoms with E-state index in [1.807, 2.05) is 0 Å². The maximum absolute atomic E-state index is 12.6. The van der Waals surface area contributed by atoms with Crippen LogP contribution in [0.25, 0.3) is 0 Å². The first kappa shape index (κ1) is 15.5. The molecule has 4 heteroatoms. The number of likely N-dealkylation sites (tertiary alicyclic amines) is 1. The van der Waals surface area contributed by atoms with Crippen molar-refractivity contribution in [3.05, 3.63) is 35.9 Å². The van der Waals surface area contributed by atoms with Gasteiger partial charge in [-0.3, -0.25) is 9.69 Å². The van der Waals surface area contributed by atoms with Crippen molar-refractivity contribution in [1.29, 1.82) is 0 Å². The van der Waals surface area contributed by atoms with Gasteiger partial charge in [0.05, 0.1) is 5.92 Å². The number of carbonyl (C=O) groups is 1. The average Bonchev–Trinajstić information content (AvgIpc) is 2.56. The van der Waals surface area contributed by atoms with E-state index in [9.17, 15) is 4.79 Å². The summed E-state index contributed by atoms with van der Waals surface area (Å²) in [6, 6.07) is 10.6. The molecule has 2 heterocycles. The van der Waals surface area contributed by atoms with Crippen LogP contribution in [0.4, 0.5) is 0 Å². The Morgan fingerprint density at radius 2 is 1.82 bits per heavy atom. The Hall–Kier alpha value is -1.39. The standard InChI is InChI=1S/C18H27N3O/c1-19-9-5-8-17(15-19)18(22)21-12-10-20(11-13-21)14-16-6-3-2-4-7-16/h2-4,6-7,17H,5,8-15H2,1H3/t17-/m1/s1. The summed E-state index contributed by atoms with van der Waals surface area (Å²) in [5.41, 5.74) is 1.36. The molecule has 0 bridgehead atoms. The fourth-order valence-corrected chi connectivity index (χ4v) is 3.59. The van der Waals surface area contributed by atoms with Gasteiger partial charge in [0.1, 0.15) is 0 Å². The zero-order chi connectivity index (χ0) is 15.4. The maximum atomic E-state index is 12.6. The van der Waals surface area contributed by atoms with Crippen molar-refractivity contribution < 1.29 is 4.79 Å². The number of piperidine rings is 1. The van der Waals surface area contributed by atoms with E-state index in [1.165, 1.54) is 5.56 Å². The molecule has 1 aromatic rings. The van der Waals surface area contributed by atoms with Crippen LogP contribution in [-0.2, 0) is 11.3 Å². The normalized spacial score (nSPS) is 24.4. The summed E-state index contributed by atoms with van der Waals surface area (Å²) in [4.78, 5) is 19.5. The summed E-state index contributed by atoms with van der Waals surface area (Å²) >= 11 is 0. The van der Waals surface area contributed by atoms with Gasteiger partial charge in [-0.1, -0.05) is 30.3 Å². The van der Waals surface area contributed by atoms with E-state index in [4.69, 9.17) is 0 Å². The molecule has 0 unspecified atom stereocenters. The Bertz CT molecular complexity index is 482. The van der Waals surface area contributed by atoms with Crippen molar-refractivity contribution in [2.45, 2.75) is 19.4 Å². The Balaban J connectivity index is 1.48. The van der Waals surface area contributed by atoms with Gasteiger partial charge < -0.3 is 9.80 Å². The van der Waals surface area contributed by atoms with Gasteiger partial charge in [0.25, 0.3) is 0 Å². The molecule has 0 aromatic heterocycles. The van der Waals surface area contributed by atoms with Crippen molar-refractivity contribution in [2.75, 3.05) is 46.3 Å². The van der Waals surface area contributed by atoms with Crippen LogP contribution in [0.1, 0.15) is 18.4 Å². The van der Waals surface area contributed by atoms with Gasteiger partial charge in [0.15, 0.2) is 0 Å². The molecule has 0 spiro atoms. The largest absolute Gasteiger partial charge is 0.340 e. The minimum absolute atomic E-state index is 0.222. The van der Waals surface area contributed by atoms with Crippen LogP contribution in [0.5, 0.6) is 0 Å². The van der Waals surface area contributed by atoms with Gasteiger partial charge in [-0.2, -0.15) is 0 Å². The van der Waals surface area contributed by atoms with Crippen LogP contribution in [-0.4, -0.2) is 66.9 Å². The molecule has 120 valence electrons. The second-order valence-electron chi connectivity index (χ2n) is 6.69. The first-order valence-electron chi connectivity index (χ1n) is 8.46. The Labute approximate surface area is 133 Å². The summed E-state index contributed by atoms with van der Waals surface area (Å²) in [6.45, 7) is 6.80. The lowest BCUT2D eigenvalue weighted by molar-refractivity contribution is -0.139. The Morgan fingerprint density at radius 1 is 1.09 bits per heavy atom. The molecule has 1 aromatic carbocycles. The first-order valence-corrected chi connectivity index (χ1v) is 8.46. The highest BCUT2D eigenvalue weighted by Gasteiger charge is 2.29. The lowest BCUT2D eigenvalue weighted by Crippen LogP contribution is -2.51. The van der Waals surface area contributed by atoms with E-state index < -0.39 is 0 Å². The molecule has 0 saturated carbocycles. The van der Waals surface area contributed by atoms with Crippen LogP contribution < -0.4 is 0 Å². The first-order chi connectivity index (χ1) is 10.7. The number of benzene rings is 1. The van der Waals surface area contributed by atoms with Crippen molar-refractivity contribution >= 4 is 5.91 Å². The number of rotatable bonds is 3. The van der Waals surface area contributed by atoms with Gasteiger partial charge >= 0.3 is 0 Å². The van der Waals surface area contributed by atoms with E-state index in [2.05, 4.69) is 52.1 Å². The third-order valence-electron chi connectivity index (χ3n) is 4.91. The number of nitrogens with zero attached hydrogens (tertiary/aromatic N) is 3. The summed E-state index contributed by atoms with van der Waals surface area (Å²) in [7, 11) is 2.12. The third kappa shape index (κ3) is 3.87. The van der Waals surface area contributed by atoms with E-state index in [0.29, 0.717) is 5.91 Å². The van der Waals surface area contributed by atoms with Crippen LogP contribution in [0, 0.1) is 5.92 Å². The van der Waals surface area contributed by atoms with Crippen LogP contribution in [0.3, 0.4) is 0 Å². The van der Waals surface area contributed by atoms with Gasteiger partial charge in [0.2, 0.25) is 5.91 Å². The average molecular weight is 301 g/mol. The summed E-state index contributed by atoms with van der Waals surface area (Å²) in [6.07, 6.45) is 2.22. The number of piperazine rings is 1. The van der Waals surface area contributed by atoms with Gasteiger partial charge in [-0.05, 0) is 32.0 Å². The number of carbonyl (C=O) groups excluding carboxylic acids is 1. The van der Waals surface area contributed by atoms with Crippen molar-refractivity contribution in [2.24, 2.45) is 5.92 Å². The molecule has 2 saturated heterocycles. The SMILES string of the molecule is CN1CCC[C@@H](C(=O)N2CCN(Cc3ccccc3)CC2)C1. The van der Waals surface area contributed by atoms with Crippen LogP contribution >= 0.6 is 0 Å². The predicted molar refractivity (Wildman–Crippen MR) is 88.5 cm³/mol. The van der Waals surface area contributed by atoms with Gasteiger partial charge in [-0.25, -0.2) is 0 Å². The highest BCUT2D eigenvalue weighted by Crippen LogP contribution is 2.19. The molecule has 3 rings (SSSR count).